The predicted octanol–water partition coefficient (Wildman–Crippen LogP) is 4.52. The highest BCUT2D eigenvalue weighted by Crippen LogP contribution is 2.24. The Morgan fingerprint density at radius 3 is 2.53 bits per heavy atom. The number of para-hydroxylation sites is 2. The summed E-state index contributed by atoms with van der Waals surface area (Å²) < 4.78 is 4.00. The standard InChI is InChI=1S/C27H30N6O/c1-19(2)14-22(27(34)28-16-25-31-29-18-32(25)4)15-20(3)26-30-23-12-8-9-13-24(23)33(26)17-21-10-6-5-7-11-21/h5-15,18-19H,16-17H2,1-4H3,(H,28,34)/b20-15+,22-14+. The highest BCUT2D eigenvalue weighted by molar-refractivity contribution is 5.98. The van der Waals surface area contributed by atoms with Crippen LogP contribution in [0.25, 0.3) is 16.6 Å². The highest BCUT2D eigenvalue weighted by atomic mass is 16.1. The molecule has 7 nitrogen and oxygen atoms in total. The van der Waals surface area contributed by atoms with Crippen LogP contribution >= 0.6 is 0 Å². The van der Waals surface area contributed by atoms with Crippen molar-refractivity contribution in [3.8, 4) is 0 Å². The van der Waals surface area contributed by atoms with E-state index in [1.165, 1.54) is 5.56 Å². The fourth-order valence-corrected chi connectivity index (χ4v) is 3.88. The lowest BCUT2D eigenvalue weighted by Crippen LogP contribution is -2.25. The third kappa shape index (κ3) is 5.31. The molecule has 0 aliphatic carbocycles. The van der Waals surface area contributed by atoms with E-state index in [1.807, 2.05) is 62.5 Å². The second-order valence-corrected chi connectivity index (χ2v) is 8.73. The predicted molar refractivity (Wildman–Crippen MR) is 135 cm³/mol. The summed E-state index contributed by atoms with van der Waals surface area (Å²) in [5.74, 6) is 1.60. The number of imidazole rings is 1. The molecule has 0 saturated carbocycles. The van der Waals surface area contributed by atoms with E-state index in [0.29, 0.717) is 24.5 Å². The lowest BCUT2D eigenvalue weighted by molar-refractivity contribution is -0.117. The van der Waals surface area contributed by atoms with Crippen molar-refractivity contribution in [2.75, 3.05) is 0 Å². The van der Waals surface area contributed by atoms with E-state index in [2.05, 4.69) is 52.1 Å². The Labute approximate surface area is 199 Å². The fraction of sp³-hybridized carbons (Fsp3) is 0.259. The minimum atomic E-state index is -0.151. The third-order valence-corrected chi connectivity index (χ3v) is 5.55. The van der Waals surface area contributed by atoms with Crippen molar-refractivity contribution in [3.63, 3.8) is 0 Å². The van der Waals surface area contributed by atoms with E-state index in [-0.39, 0.29) is 11.8 Å². The first kappa shape index (κ1) is 23.2. The van der Waals surface area contributed by atoms with Gasteiger partial charge >= 0.3 is 0 Å². The van der Waals surface area contributed by atoms with Crippen molar-refractivity contribution in [1.29, 1.82) is 0 Å². The van der Waals surface area contributed by atoms with Crippen LogP contribution in [0.1, 0.15) is 38.0 Å². The van der Waals surface area contributed by atoms with Crippen LogP contribution in [0.15, 0.2) is 78.6 Å². The maximum Gasteiger partial charge on any atom is 0.251 e. The van der Waals surface area contributed by atoms with Crippen molar-refractivity contribution < 1.29 is 4.79 Å². The fourth-order valence-electron chi connectivity index (χ4n) is 3.88. The molecule has 34 heavy (non-hydrogen) atoms. The number of nitrogens with zero attached hydrogens (tertiary/aromatic N) is 5. The van der Waals surface area contributed by atoms with E-state index in [4.69, 9.17) is 4.98 Å². The van der Waals surface area contributed by atoms with Gasteiger partial charge in [0.2, 0.25) is 0 Å². The maximum atomic E-state index is 13.1. The van der Waals surface area contributed by atoms with Gasteiger partial charge in [-0.25, -0.2) is 4.98 Å². The van der Waals surface area contributed by atoms with Gasteiger partial charge in [0, 0.05) is 19.2 Å². The zero-order valence-electron chi connectivity index (χ0n) is 20.1. The molecule has 2 aromatic heterocycles. The Kier molecular flexibility index (Phi) is 7.01. The quantitative estimate of drug-likeness (QED) is 0.314. The maximum absolute atomic E-state index is 13.1. The van der Waals surface area contributed by atoms with Gasteiger partial charge in [-0.05, 0) is 42.2 Å². The smallest absolute Gasteiger partial charge is 0.251 e. The summed E-state index contributed by atoms with van der Waals surface area (Å²) in [5.41, 5.74) is 4.72. The molecule has 1 amide bonds. The average molecular weight is 455 g/mol. The summed E-state index contributed by atoms with van der Waals surface area (Å²) in [6.07, 6.45) is 5.52. The van der Waals surface area contributed by atoms with Crippen molar-refractivity contribution in [2.45, 2.75) is 33.9 Å². The molecule has 0 fully saturated rings. The third-order valence-electron chi connectivity index (χ3n) is 5.55. The monoisotopic (exact) mass is 454 g/mol. The molecule has 2 aromatic carbocycles. The largest absolute Gasteiger partial charge is 0.345 e. The summed E-state index contributed by atoms with van der Waals surface area (Å²) in [4.78, 5) is 18.0. The second-order valence-electron chi connectivity index (χ2n) is 8.73. The molecular weight excluding hydrogens is 424 g/mol. The number of benzene rings is 2. The summed E-state index contributed by atoms with van der Waals surface area (Å²) >= 11 is 0. The van der Waals surface area contributed by atoms with Gasteiger partial charge in [0.1, 0.15) is 12.2 Å². The van der Waals surface area contributed by atoms with E-state index in [1.54, 1.807) is 10.9 Å². The number of carbonyl (C=O) groups is 1. The zero-order valence-corrected chi connectivity index (χ0v) is 20.1. The van der Waals surface area contributed by atoms with Gasteiger partial charge < -0.3 is 14.5 Å². The lowest BCUT2D eigenvalue weighted by atomic mass is 10.1. The van der Waals surface area contributed by atoms with Crippen LogP contribution in [-0.2, 0) is 24.9 Å². The van der Waals surface area contributed by atoms with Crippen LogP contribution in [0.4, 0.5) is 0 Å². The lowest BCUT2D eigenvalue weighted by Gasteiger charge is -2.12. The number of fused-ring (bicyclic) bond motifs is 1. The second kappa shape index (κ2) is 10.3. The van der Waals surface area contributed by atoms with E-state index in [0.717, 1.165) is 22.4 Å². The van der Waals surface area contributed by atoms with Crippen LogP contribution in [-0.4, -0.2) is 30.2 Å². The van der Waals surface area contributed by atoms with E-state index in [9.17, 15) is 4.79 Å². The van der Waals surface area contributed by atoms with Crippen LogP contribution in [0, 0.1) is 5.92 Å². The Bertz CT molecular complexity index is 1340. The summed E-state index contributed by atoms with van der Waals surface area (Å²) in [6, 6.07) is 18.5. The molecule has 0 saturated heterocycles. The topological polar surface area (TPSA) is 77.6 Å². The van der Waals surface area contributed by atoms with Gasteiger partial charge in [-0.15, -0.1) is 10.2 Å². The number of hydrogen-bond acceptors (Lipinski definition) is 4. The van der Waals surface area contributed by atoms with Gasteiger partial charge in [-0.2, -0.15) is 0 Å². The molecule has 1 N–H and O–H groups in total. The van der Waals surface area contributed by atoms with Gasteiger partial charge in [0.25, 0.3) is 5.91 Å². The van der Waals surface area contributed by atoms with Gasteiger partial charge in [0.05, 0.1) is 17.6 Å². The number of allylic oxidation sites excluding steroid dienone is 2. The van der Waals surface area contributed by atoms with E-state index >= 15 is 0 Å². The van der Waals surface area contributed by atoms with Gasteiger partial charge in [-0.3, -0.25) is 4.79 Å². The molecule has 0 spiro atoms. The minimum Gasteiger partial charge on any atom is -0.345 e. The first-order valence-corrected chi connectivity index (χ1v) is 11.4. The normalized spacial score (nSPS) is 12.5. The molecule has 0 bridgehead atoms. The zero-order chi connectivity index (χ0) is 24.1. The van der Waals surface area contributed by atoms with Gasteiger partial charge in [-0.1, -0.05) is 62.4 Å². The minimum absolute atomic E-state index is 0.151. The molecule has 174 valence electrons. The first-order valence-electron chi connectivity index (χ1n) is 11.4. The van der Waals surface area contributed by atoms with Crippen molar-refractivity contribution in [3.05, 3.63) is 95.9 Å². The molecule has 2 heterocycles. The number of aromatic nitrogens is 5. The van der Waals surface area contributed by atoms with Gasteiger partial charge in [0.15, 0.2) is 5.82 Å². The summed E-state index contributed by atoms with van der Waals surface area (Å²) in [7, 11) is 1.85. The molecule has 4 rings (SSSR count). The molecule has 4 aromatic rings. The Balaban J connectivity index is 1.68. The Morgan fingerprint density at radius 1 is 1.09 bits per heavy atom. The molecule has 0 aliphatic rings. The number of rotatable bonds is 8. The van der Waals surface area contributed by atoms with Crippen molar-refractivity contribution in [2.24, 2.45) is 13.0 Å². The molecule has 0 aliphatic heterocycles. The van der Waals surface area contributed by atoms with Crippen LogP contribution < -0.4 is 5.32 Å². The Morgan fingerprint density at radius 2 is 1.82 bits per heavy atom. The van der Waals surface area contributed by atoms with Crippen LogP contribution in [0.5, 0.6) is 0 Å². The molecule has 0 radical (unpaired) electrons. The Hall–Kier alpha value is -4.00. The molecule has 7 heteroatoms. The van der Waals surface area contributed by atoms with Crippen molar-refractivity contribution >= 4 is 22.5 Å². The SMILES string of the molecule is C/C(=C\C(=C/C(C)C)C(=O)NCc1nncn1C)c1nc2ccccc2n1Cc1ccccc1. The highest BCUT2D eigenvalue weighted by Gasteiger charge is 2.15. The number of amides is 1. The molecule has 0 unspecified atom stereocenters. The van der Waals surface area contributed by atoms with E-state index < -0.39 is 0 Å². The van der Waals surface area contributed by atoms with Crippen LogP contribution in [0.2, 0.25) is 0 Å². The first-order chi connectivity index (χ1) is 16.4. The average Bonchev–Trinajstić information content (AvgIpc) is 3.40. The number of hydrogen-bond donors (Lipinski definition) is 1. The number of carbonyl (C=O) groups excluding carboxylic acids is 1. The summed E-state index contributed by atoms with van der Waals surface area (Å²) in [5, 5.41) is 10.9. The summed E-state index contributed by atoms with van der Waals surface area (Å²) in [6.45, 7) is 7.13. The van der Waals surface area contributed by atoms with Crippen LogP contribution in [0.3, 0.4) is 0 Å². The number of aryl methyl sites for hydroxylation is 1. The molecular formula is C27H30N6O. The molecule has 0 atom stereocenters. The number of nitrogens with one attached hydrogen (secondary N) is 1. The van der Waals surface area contributed by atoms with Crippen molar-refractivity contribution in [1.82, 2.24) is 29.6 Å².